The molecule has 0 spiro atoms. The highest BCUT2D eigenvalue weighted by molar-refractivity contribution is 7.16. The molecule has 2 aromatic rings. The maximum atomic E-state index is 12.1. The van der Waals surface area contributed by atoms with Crippen molar-refractivity contribution >= 4 is 40.8 Å². The van der Waals surface area contributed by atoms with Gasteiger partial charge in [-0.15, -0.1) is 11.3 Å². The molecule has 2 rings (SSSR count). The van der Waals surface area contributed by atoms with E-state index in [2.05, 4.69) is 32.7 Å². The van der Waals surface area contributed by atoms with E-state index in [9.17, 15) is 15.3 Å². The van der Waals surface area contributed by atoms with Gasteiger partial charge >= 0.3 is 5.97 Å². The van der Waals surface area contributed by atoms with E-state index in [4.69, 9.17) is 14.2 Å². The van der Waals surface area contributed by atoms with Crippen molar-refractivity contribution in [3.05, 3.63) is 32.0 Å². The van der Waals surface area contributed by atoms with Gasteiger partial charge in [0.1, 0.15) is 28.5 Å². The zero-order chi connectivity index (χ0) is 25.8. The summed E-state index contributed by atoms with van der Waals surface area (Å²) in [5.41, 5.74) is 2.41. The molecule has 0 saturated heterocycles. The maximum absolute atomic E-state index is 12.1. The highest BCUT2D eigenvalue weighted by Gasteiger charge is 2.21. The van der Waals surface area contributed by atoms with Gasteiger partial charge in [0.25, 0.3) is 0 Å². The fraction of sp³-hybridized carbons (Fsp3) is 0.458. The zero-order valence-corrected chi connectivity index (χ0v) is 21.5. The molecule has 35 heavy (non-hydrogen) atoms. The van der Waals surface area contributed by atoms with Gasteiger partial charge in [-0.3, -0.25) is 4.99 Å². The third-order valence-electron chi connectivity index (χ3n) is 5.13. The Bertz CT molecular complexity index is 1150. The Morgan fingerprint density at radius 2 is 1.60 bits per heavy atom. The number of methoxy groups -OCH3 is 3. The van der Waals surface area contributed by atoms with E-state index in [1.807, 2.05) is 0 Å². The Labute approximate surface area is 209 Å². The van der Waals surface area contributed by atoms with Crippen LogP contribution in [0.5, 0.6) is 0 Å². The first-order chi connectivity index (χ1) is 16.9. The topological polar surface area (TPSA) is 142 Å². The molecule has 0 saturated carbocycles. The molecule has 0 aromatic carbocycles. The quantitative estimate of drug-likeness (QED) is 0.238. The van der Waals surface area contributed by atoms with Crippen LogP contribution in [0.1, 0.15) is 49.6 Å². The molecular weight excluding hydrogens is 468 g/mol. The summed E-state index contributed by atoms with van der Waals surface area (Å²) in [5, 5.41) is 25.9. The van der Waals surface area contributed by atoms with Crippen LogP contribution in [0, 0.1) is 36.5 Å². The van der Waals surface area contributed by atoms with Crippen LogP contribution in [-0.2, 0) is 14.2 Å². The van der Waals surface area contributed by atoms with Gasteiger partial charge in [-0.05, 0) is 37.8 Å². The minimum absolute atomic E-state index is 0.353. The monoisotopic (exact) mass is 498 g/mol. The summed E-state index contributed by atoms with van der Waals surface area (Å²) in [7, 11) is 4.57. The number of esters is 1. The number of nitriles is 2. The minimum Gasteiger partial charge on any atom is -0.465 e. The van der Waals surface area contributed by atoms with Crippen LogP contribution in [0.3, 0.4) is 0 Å². The number of aromatic nitrogens is 1. The van der Waals surface area contributed by atoms with Crippen molar-refractivity contribution in [3.8, 4) is 12.1 Å². The molecule has 0 bridgehead atoms. The van der Waals surface area contributed by atoms with Crippen LogP contribution in [0.15, 0.2) is 4.99 Å². The Hall–Kier alpha value is -3.51. The first-order valence-corrected chi connectivity index (χ1v) is 11.8. The summed E-state index contributed by atoms with van der Waals surface area (Å²) in [5.74, 6) is 0.465. The zero-order valence-electron chi connectivity index (χ0n) is 20.7. The van der Waals surface area contributed by atoms with Crippen LogP contribution in [0.2, 0.25) is 0 Å². The SMILES string of the molecule is COCCCNc1nc(NCCCOC)c(/N=C/c2sc(C(=O)OC)c(C)c2C#N)c(C)c1C#N. The largest absolute Gasteiger partial charge is 0.465 e. The molecular formula is C24H30N6O4S. The van der Waals surface area contributed by atoms with Gasteiger partial charge < -0.3 is 24.8 Å². The number of hydrogen-bond acceptors (Lipinski definition) is 11. The van der Waals surface area contributed by atoms with Crippen LogP contribution in [0.25, 0.3) is 0 Å². The van der Waals surface area contributed by atoms with Crippen molar-refractivity contribution in [1.29, 1.82) is 10.5 Å². The maximum Gasteiger partial charge on any atom is 0.348 e. The first-order valence-electron chi connectivity index (χ1n) is 11.0. The van der Waals surface area contributed by atoms with Crippen LogP contribution >= 0.6 is 11.3 Å². The fourth-order valence-electron chi connectivity index (χ4n) is 3.26. The second-order valence-electron chi connectivity index (χ2n) is 7.47. The highest BCUT2D eigenvalue weighted by atomic mass is 32.1. The summed E-state index contributed by atoms with van der Waals surface area (Å²) < 4.78 is 15.0. The molecule has 0 fully saturated rings. The minimum atomic E-state index is -0.502. The Kier molecular flexibility index (Phi) is 11.1. The Balaban J connectivity index is 2.51. The second-order valence-corrected chi connectivity index (χ2v) is 8.52. The summed E-state index contributed by atoms with van der Waals surface area (Å²) >= 11 is 1.13. The summed E-state index contributed by atoms with van der Waals surface area (Å²) in [4.78, 5) is 22.2. The molecule has 2 heterocycles. The molecule has 0 unspecified atom stereocenters. The molecule has 0 atom stereocenters. The lowest BCUT2D eigenvalue weighted by molar-refractivity contribution is 0.0605. The summed E-state index contributed by atoms with van der Waals surface area (Å²) in [6.07, 6.45) is 3.04. The summed E-state index contributed by atoms with van der Waals surface area (Å²) in [6.45, 7) is 5.86. The normalized spacial score (nSPS) is 10.7. The number of rotatable bonds is 13. The van der Waals surface area contributed by atoms with E-state index in [1.165, 1.54) is 13.3 Å². The standard InChI is InChI=1S/C24H30N6O4S/c1-15-18(13-26)22(27-8-6-10-32-3)30-23(28-9-7-11-33-4)20(15)29-14-19-17(12-25)16(2)21(35-19)24(31)34-5/h14H,6-11H2,1-5H3,(H2,27,28,30)/b29-14+. The number of nitrogens with zero attached hydrogens (tertiary/aromatic N) is 4. The van der Waals surface area contributed by atoms with Gasteiger partial charge in [-0.2, -0.15) is 10.5 Å². The number of carbonyl (C=O) groups excluding carboxylic acids is 1. The second kappa shape index (κ2) is 14.0. The van der Waals surface area contributed by atoms with Crippen molar-refractivity contribution in [3.63, 3.8) is 0 Å². The number of aliphatic imine (C=N–C) groups is 1. The van der Waals surface area contributed by atoms with E-state index in [0.29, 0.717) is 75.6 Å². The molecule has 0 aliphatic carbocycles. The van der Waals surface area contributed by atoms with Crippen LogP contribution < -0.4 is 10.6 Å². The van der Waals surface area contributed by atoms with E-state index < -0.39 is 5.97 Å². The lowest BCUT2D eigenvalue weighted by Gasteiger charge is -2.16. The van der Waals surface area contributed by atoms with Gasteiger partial charge in [0.15, 0.2) is 5.82 Å². The molecule has 0 aliphatic rings. The van der Waals surface area contributed by atoms with Crippen molar-refractivity contribution < 1.29 is 19.0 Å². The molecule has 0 aliphatic heterocycles. The van der Waals surface area contributed by atoms with Crippen molar-refractivity contribution in [2.45, 2.75) is 26.7 Å². The number of thiophene rings is 1. The lowest BCUT2D eigenvalue weighted by atomic mass is 10.1. The Morgan fingerprint density at radius 1 is 1.00 bits per heavy atom. The number of hydrogen-bond donors (Lipinski definition) is 2. The van der Waals surface area contributed by atoms with Gasteiger partial charge in [-0.1, -0.05) is 0 Å². The smallest absolute Gasteiger partial charge is 0.348 e. The Morgan fingerprint density at radius 3 is 2.14 bits per heavy atom. The summed E-state index contributed by atoms with van der Waals surface area (Å²) in [6, 6.07) is 4.35. The number of anilines is 2. The van der Waals surface area contributed by atoms with Crippen LogP contribution in [0.4, 0.5) is 17.3 Å². The highest BCUT2D eigenvalue weighted by Crippen LogP contribution is 2.34. The molecule has 2 N–H and O–H groups in total. The lowest BCUT2D eigenvalue weighted by Crippen LogP contribution is -2.12. The molecule has 11 heteroatoms. The molecule has 10 nitrogen and oxygen atoms in total. The molecule has 186 valence electrons. The van der Waals surface area contributed by atoms with Crippen molar-refractivity contribution in [1.82, 2.24) is 4.98 Å². The molecule has 0 amide bonds. The van der Waals surface area contributed by atoms with Crippen molar-refractivity contribution in [2.75, 3.05) is 58.3 Å². The number of nitrogens with one attached hydrogen (secondary N) is 2. The van der Waals surface area contributed by atoms with E-state index in [1.54, 1.807) is 28.1 Å². The fourth-order valence-corrected chi connectivity index (χ4v) is 4.31. The predicted molar refractivity (Wildman–Crippen MR) is 136 cm³/mol. The van der Waals surface area contributed by atoms with E-state index in [0.717, 1.165) is 24.2 Å². The van der Waals surface area contributed by atoms with E-state index in [-0.39, 0.29) is 0 Å². The average Bonchev–Trinajstić information content (AvgIpc) is 3.18. The number of carbonyl (C=O) groups is 1. The van der Waals surface area contributed by atoms with Gasteiger partial charge in [0, 0.05) is 46.7 Å². The van der Waals surface area contributed by atoms with Gasteiger partial charge in [0.2, 0.25) is 0 Å². The van der Waals surface area contributed by atoms with Gasteiger partial charge in [0.05, 0.1) is 23.1 Å². The third-order valence-corrected chi connectivity index (χ3v) is 6.34. The third kappa shape index (κ3) is 6.99. The molecule has 0 radical (unpaired) electrons. The van der Waals surface area contributed by atoms with Crippen LogP contribution in [-0.4, -0.2) is 64.8 Å². The molecule has 2 aromatic heterocycles. The number of ether oxygens (including phenoxy) is 3. The predicted octanol–water partition coefficient (Wildman–Crippen LogP) is 3.94. The van der Waals surface area contributed by atoms with E-state index >= 15 is 0 Å². The number of pyridine rings is 1. The average molecular weight is 499 g/mol. The van der Waals surface area contributed by atoms with Gasteiger partial charge in [-0.25, -0.2) is 9.78 Å². The first kappa shape index (κ1) is 27.7. The van der Waals surface area contributed by atoms with Crippen molar-refractivity contribution in [2.24, 2.45) is 4.99 Å².